The summed E-state index contributed by atoms with van der Waals surface area (Å²) in [6, 6.07) is 4.01. The fraction of sp³-hybridized carbons (Fsp3) is 0.467. The zero-order chi connectivity index (χ0) is 17.1. The number of rotatable bonds is 5. The SMILES string of the molecule is O=C(NCC[C@@H]1CCCN1)NCc1cccc(F)c1F.O=CO. The van der Waals surface area contributed by atoms with Gasteiger partial charge in [-0.1, -0.05) is 12.1 Å². The highest BCUT2D eigenvalue weighted by Crippen LogP contribution is 2.10. The van der Waals surface area contributed by atoms with Crippen LogP contribution in [0.4, 0.5) is 13.6 Å². The summed E-state index contributed by atoms with van der Waals surface area (Å²) in [6.07, 6.45) is 3.19. The van der Waals surface area contributed by atoms with Crippen LogP contribution in [0.3, 0.4) is 0 Å². The summed E-state index contributed by atoms with van der Waals surface area (Å²) in [7, 11) is 0. The summed E-state index contributed by atoms with van der Waals surface area (Å²) in [6.45, 7) is 1.32. The number of amides is 2. The third-order valence-corrected chi connectivity index (χ3v) is 3.41. The Kier molecular flexibility index (Phi) is 8.59. The molecule has 8 heteroatoms. The summed E-state index contributed by atoms with van der Waals surface area (Å²) in [5.74, 6) is -1.82. The number of hydrogen-bond donors (Lipinski definition) is 4. The lowest BCUT2D eigenvalue weighted by atomic mass is 10.1. The zero-order valence-corrected chi connectivity index (χ0v) is 12.6. The molecule has 23 heavy (non-hydrogen) atoms. The fourth-order valence-electron chi connectivity index (χ4n) is 2.29. The van der Waals surface area contributed by atoms with Gasteiger partial charge in [-0.05, 0) is 31.9 Å². The van der Waals surface area contributed by atoms with Crippen molar-refractivity contribution in [3.8, 4) is 0 Å². The van der Waals surface area contributed by atoms with E-state index in [0.29, 0.717) is 12.6 Å². The van der Waals surface area contributed by atoms with Crippen LogP contribution in [0, 0.1) is 11.6 Å². The Morgan fingerprint density at radius 2 is 2.13 bits per heavy atom. The number of carbonyl (C=O) groups is 2. The highest BCUT2D eigenvalue weighted by molar-refractivity contribution is 5.73. The molecule has 2 rings (SSSR count). The third-order valence-electron chi connectivity index (χ3n) is 3.41. The van der Waals surface area contributed by atoms with Crippen molar-refractivity contribution >= 4 is 12.5 Å². The number of benzene rings is 1. The minimum Gasteiger partial charge on any atom is -0.483 e. The zero-order valence-electron chi connectivity index (χ0n) is 12.6. The quantitative estimate of drug-likeness (QED) is 0.618. The number of carboxylic acid groups (broad SMARTS) is 1. The molecular weight excluding hydrogens is 308 g/mol. The van der Waals surface area contributed by atoms with Gasteiger partial charge in [0.15, 0.2) is 11.6 Å². The van der Waals surface area contributed by atoms with Gasteiger partial charge < -0.3 is 21.1 Å². The normalized spacial score (nSPS) is 16.2. The molecule has 1 aromatic rings. The predicted molar refractivity (Wildman–Crippen MR) is 80.9 cm³/mol. The van der Waals surface area contributed by atoms with Crippen LogP contribution in [0.15, 0.2) is 18.2 Å². The van der Waals surface area contributed by atoms with Crippen molar-refractivity contribution in [2.24, 2.45) is 0 Å². The topological polar surface area (TPSA) is 90.5 Å². The van der Waals surface area contributed by atoms with E-state index in [9.17, 15) is 13.6 Å². The number of urea groups is 1. The molecule has 1 aliphatic heterocycles. The van der Waals surface area contributed by atoms with E-state index in [1.165, 1.54) is 18.6 Å². The van der Waals surface area contributed by atoms with Gasteiger partial charge in [0.25, 0.3) is 6.47 Å². The molecule has 0 unspecified atom stereocenters. The van der Waals surface area contributed by atoms with Crippen LogP contribution in [0.1, 0.15) is 24.8 Å². The predicted octanol–water partition coefficient (Wildman–Crippen LogP) is 1.61. The van der Waals surface area contributed by atoms with Gasteiger partial charge >= 0.3 is 6.03 Å². The molecule has 4 N–H and O–H groups in total. The Morgan fingerprint density at radius 1 is 1.39 bits per heavy atom. The van der Waals surface area contributed by atoms with Gasteiger partial charge in [-0.2, -0.15) is 0 Å². The maximum atomic E-state index is 13.4. The summed E-state index contributed by atoms with van der Waals surface area (Å²) < 4.78 is 26.3. The van der Waals surface area contributed by atoms with Crippen molar-refractivity contribution in [1.82, 2.24) is 16.0 Å². The lowest BCUT2D eigenvalue weighted by molar-refractivity contribution is -0.122. The molecule has 1 aliphatic rings. The molecule has 1 saturated heterocycles. The fourth-order valence-corrected chi connectivity index (χ4v) is 2.29. The molecule has 0 aliphatic carbocycles. The van der Waals surface area contributed by atoms with Gasteiger partial charge in [-0.25, -0.2) is 13.6 Å². The molecule has 0 radical (unpaired) electrons. The van der Waals surface area contributed by atoms with Crippen LogP contribution in [-0.4, -0.2) is 36.7 Å². The van der Waals surface area contributed by atoms with Crippen molar-refractivity contribution in [1.29, 1.82) is 0 Å². The van der Waals surface area contributed by atoms with Crippen LogP contribution >= 0.6 is 0 Å². The van der Waals surface area contributed by atoms with E-state index in [4.69, 9.17) is 9.90 Å². The van der Waals surface area contributed by atoms with E-state index in [1.54, 1.807) is 0 Å². The summed E-state index contributed by atoms with van der Waals surface area (Å²) >= 11 is 0. The highest BCUT2D eigenvalue weighted by atomic mass is 19.2. The third kappa shape index (κ3) is 7.05. The molecule has 6 nitrogen and oxygen atoms in total. The molecule has 2 amide bonds. The first kappa shape index (κ1) is 18.8. The number of carbonyl (C=O) groups excluding carboxylic acids is 1. The standard InChI is InChI=1S/C14H19F2N3O.CH2O2/c15-12-5-1-3-10(13(12)16)9-19-14(20)18-8-6-11-4-2-7-17-11;2-1-3/h1,3,5,11,17H,2,4,6-9H2,(H2,18,19,20);1H,(H,2,3)/t11-;/m0./s1. The number of halogens is 2. The first-order chi connectivity index (χ1) is 11.1. The Hall–Kier alpha value is -2.22. The van der Waals surface area contributed by atoms with Gasteiger partial charge in [0.2, 0.25) is 0 Å². The largest absolute Gasteiger partial charge is 0.483 e. The molecule has 0 bridgehead atoms. The summed E-state index contributed by atoms with van der Waals surface area (Å²) in [5, 5.41) is 15.5. The highest BCUT2D eigenvalue weighted by Gasteiger charge is 2.13. The first-order valence-corrected chi connectivity index (χ1v) is 7.34. The Bertz CT molecular complexity index is 509. The Morgan fingerprint density at radius 3 is 2.78 bits per heavy atom. The minimum atomic E-state index is -0.914. The smallest absolute Gasteiger partial charge is 0.315 e. The second kappa shape index (κ2) is 10.5. The van der Waals surface area contributed by atoms with Crippen molar-refractivity contribution in [2.75, 3.05) is 13.1 Å². The Labute approximate surface area is 133 Å². The monoisotopic (exact) mass is 329 g/mol. The van der Waals surface area contributed by atoms with Crippen LogP contribution in [0.2, 0.25) is 0 Å². The molecule has 128 valence electrons. The summed E-state index contributed by atoms with van der Waals surface area (Å²) in [5.41, 5.74) is 0.137. The second-order valence-corrected chi connectivity index (χ2v) is 5.01. The van der Waals surface area contributed by atoms with Crippen molar-refractivity contribution < 1.29 is 23.5 Å². The van der Waals surface area contributed by atoms with Gasteiger partial charge in [0.1, 0.15) is 0 Å². The molecule has 1 aromatic carbocycles. The molecule has 0 spiro atoms. The van der Waals surface area contributed by atoms with Gasteiger partial charge in [-0.15, -0.1) is 0 Å². The lowest BCUT2D eigenvalue weighted by Gasteiger charge is -2.11. The second-order valence-electron chi connectivity index (χ2n) is 5.01. The minimum absolute atomic E-state index is 0.0306. The van der Waals surface area contributed by atoms with Crippen LogP contribution < -0.4 is 16.0 Å². The van der Waals surface area contributed by atoms with E-state index >= 15 is 0 Å². The van der Waals surface area contributed by atoms with Crippen molar-refractivity contribution in [3.63, 3.8) is 0 Å². The van der Waals surface area contributed by atoms with E-state index in [0.717, 1.165) is 25.5 Å². The van der Waals surface area contributed by atoms with Crippen molar-refractivity contribution in [2.45, 2.75) is 31.8 Å². The first-order valence-electron chi connectivity index (χ1n) is 7.34. The maximum Gasteiger partial charge on any atom is 0.315 e. The number of nitrogens with one attached hydrogen (secondary N) is 3. The van der Waals surface area contributed by atoms with Gasteiger partial charge in [-0.3, -0.25) is 4.79 Å². The lowest BCUT2D eigenvalue weighted by Crippen LogP contribution is -2.37. The molecule has 0 aromatic heterocycles. The van der Waals surface area contributed by atoms with Gasteiger partial charge in [0.05, 0.1) is 0 Å². The number of hydrogen-bond acceptors (Lipinski definition) is 3. The molecule has 1 heterocycles. The molecule has 1 fully saturated rings. The van der Waals surface area contributed by atoms with Crippen LogP contribution in [0.5, 0.6) is 0 Å². The maximum absolute atomic E-state index is 13.4. The van der Waals surface area contributed by atoms with E-state index < -0.39 is 11.6 Å². The van der Waals surface area contributed by atoms with E-state index in [-0.39, 0.29) is 24.6 Å². The molecular formula is C15H21F2N3O3. The average Bonchev–Trinajstić information content (AvgIpc) is 3.03. The van der Waals surface area contributed by atoms with Gasteiger partial charge in [0, 0.05) is 24.7 Å². The molecule has 0 saturated carbocycles. The van der Waals surface area contributed by atoms with Crippen LogP contribution in [0.25, 0.3) is 0 Å². The average molecular weight is 329 g/mol. The van der Waals surface area contributed by atoms with Crippen LogP contribution in [-0.2, 0) is 11.3 Å². The molecule has 1 atom stereocenters. The van der Waals surface area contributed by atoms with E-state index in [1.807, 2.05) is 0 Å². The summed E-state index contributed by atoms with van der Waals surface area (Å²) in [4.78, 5) is 19.9. The van der Waals surface area contributed by atoms with E-state index in [2.05, 4.69) is 16.0 Å². The van der Waals surface area contributed by atoms with Crippen molar-refractivity contribution in [3.05, 3.63) is 35.4 Å². The Balaban J connectivity index is 0.000000816.